The number of ether oxygens (including phenoxy) is 1. The molecule has 0 fully saturated rings. The Bertz CT molecular complexity index is 464. The van der Waals surface area contributed by atoms with Gasteiger partial charge in [0.15, 0.2) is 0 Å². The van der Waals surface area contributed by atoms with E-state index in [2.05, 4.69) is 4.74 Å². The molecular weight excluding hydrogens is 230 g/mol. The van der Waals surface area contributed by atoms with E-state index >= 15 is 0 Å². The molecule has 5 nitrogen and oxygen atoms in total. The summed E-state index contributed by atoms with van der Waals surface area (Å²) < 4.78 is 26.4. The molecule has 1 aromatic rings. The second-order valence-electron chi connectivity index (χ2n) is 3.27. The van der Waals surface area contributed by atoms with Gasteiger partial charge in [-0.1, -0.05) is 12.1 Å². The van der Waals surface area contributed by atoms with Crippen LogP contribution in [0.2, 0.25) is 0 Å². The summed E-state index contributed by atoms with van der Waals surface area (Å²) in [6.07, 6.45) is 0.781. The van der Waals surface area contributed by atoms with Crippen molar-refractivity contribution in [3.8, 4) is 0 Å². The molecule has 0 amide bonds. The SMILES string of the molecule is COC(=O)CCc1ccc(S(N)(=O)=O)cc1. The largest absolute Gasteiger partial charge is 0.469 e. The first-order chi connectivity index (χ1) is 7.43. The van der Waals surface area contributed by atoms with Crippen molar-refractivity contribution in [2.24, 2.45) is 5.14 Å². The molecule has 16 heavy (non-hydrogen) atoms. The molecule has 1 aromatic carbocycles. The first-order valence-electron chi connectivity index (χ1n) is 4.62. The summed E-state index contributed by atoms with van der Waals surface area (Å²) >= 11 is 0. The number of benzene rings is 1. The molecule has 0 radical (unpaired) electrons. The van der Waals surface area contributed by atoms with Crippen molar-refractivity contribution < 1.29 is 17.9 Å². The molecule has 0 bridgehead atoms. The number of carbonyl (C=O) groups excluding carboxylic acids is 1. The van der Waals surface area contributed by atoms with Gasteiger partial charge < -0.3 is 4.74 Å². The number of primary sulfonamides is 1. The molecule has 0 atom stereocenters. The highest BCUT2D eigenvalue weighted by Crippen LogP contribution is 2.10. The lowest BCUT2D eigenvalue weighted by molar-refractivity contribution is -0.140. The highest BCUT2D eigenvalue weighted by molar-refractivity contribution is 7.89. The molecule has 0 aliphatic carbocycles. The van der Waals surface area contributed by atoms with Crippen LogP contribution in [-0.2, 0) is 26.0 Å². The number of sulfonamides is 1. The van der Waals surface area contributed by atoms with E-state index in [1.165, 1.54) is 19.2 Å². The molecule has 6 heteroatoms. The lowest BCUT2D eigenvalue weighted by atomic mass is 10.1. The van der Waals surface area contributed by atoms with E-state index in [1.807, 2.05) is 0 Å². The average molecular weight is 243 g/mol. The van der Waals surface area contributed by atoms with Gasteiger partial charge in [-0.05, 0) is 24.1 Å². The maximum absolute atomic E-state index is 11.0. The Labute approximate surface area is 94.3 Å². The normalized spacial score (nSPS) is 11.1. The molecule has 0 saturated carbocycles. The molecule has 0 aliphatic rings. The van der Waals surface area contributed by atoms with E-state index in [-0.39, 0.29) is 17.3 Å². The number of rotatable bonds is 4. The van der Waals surface area contributed by atoms with Gasteiger partial charge in [-0.3, -0.25) is 4.79 Å². The van der Waals surface area contributed by atoms with Crippen LogP contribution in [0.3, 0.4) is 0 Å². The number of methoxy groups -OCH3 is 1. The minimum atomic E-state index is -3.65. The van der Waals surface area contributed by atoms with Gasteiger partial charge in [-0.2, -0.15) is 0 Å². The van der Waals surface area contributed by atoms with Crippen LogP contribution in [0, 0.1) is 0 Å². The van der Waals surface area contributed by atoms with Crippen LogP contribution in [-0.4, -0.2) is 21.5 Å². The van der Waals surface area contributed by atoms with E-state index < -0.39 is 10.0 Å². The Morgan fingerprint density at radius 1 is 1.31 bits per heavy atom. The van der Waals surface area contributed by atoms with Crippen molar-refractivity contribution in [3.63, 3.8) is 0 Å². The van der Waals surface area contributed by atoms with E-state index in [0.717, 1.165) is 5.56 Å². The van der Waals surface area contributed by atoms with Crippen LogP contribution in [0.15, 0.2) is 29.2 Å². The summed E-state index contributed by atoms with van der Waals surface area (Å²) in [6, 6.07) is 6.09. The summed E-state index contributed by atoms with van der Waals surface area (Å²) in [5.74, 6) is -0.296. The molecule has 0 spiro atoms. The van der Waals surface area contributed by atoms with Crippen molar-refractivity contribution in [1.82, 2.24) is 0 Å². The molecule has 88 valence electrons. The number of esters is 1. The lowest BCUT2D eigenvalue weighted by Gasteiger charge is -2.02. The van der Waals surface area contributed by atoms with Crippen LogP contribution < -0.4 is 5.14 Å². The fraction of sp³-hybridized carbons (Fsp3) is 0.300. The quantitative estimate of drug-likeness (QED) is 0.777. The van der Waals surface area contributed by atoms with Crippen LogP contribution in [0.1, 0.15) is 12.0 Å². The third kappa shape index (κ3) is 3.63. The maximum Gasteiger partial charge on any atom is 0.305 e. The lowest BCUT2D eigenvalue weighted by Crippen LogP contribution is -2.12. The highest BCUT2D eigenvalue weighted by Gasteiger charge is 2.07. The van der Waals surface area contributed by atoms with Gasteiger partial charge in [0, 0.05) is 6.42 Å². The number of carbonyl (C=O) groups is 1. The summed E-state index contributed by atoms with van der Waals surface area (Å²) in [5, 5.41) is 4.95. The molecule has 0 aromatic heterocycles. The molecule has 0 heterocycles. The van der Waals surface area contributed by atoms with Gasteiger partial charge >= 0.3 is 5.97 Å². The predicted octanol–water partition coefficient (Wildman–Crippen LogP) is 0.440. The van der Waals surface area contributed by atoms with Crippen molar-refractivity contribution in [2.45, 2.75) is 17.7 Å². The maximum atomic E-state index is 11.0. The topological polar surface area (TPSA) is 86.5 Å². The van der Waals surface area contributed by atoms with Gasteiger partial charge in [0.2, 0.25) is 10.0 Å². The second-order valence-corrected chi connectivity index (χ2v) is 4.83. The van der Waals surface area contributed by atoms with E-state index in [0.29, 0.717) is 6.42 Å². The standard InChI is InChI=1S/C10H13NO4S/c1-15-10(12)7-4-8-2-5-9(6-3-8)16(11,13)14/h2-3,5-6H,4,7H2,1H3,(H2,11,13,14). The zero-order valence-corrected chi connectivity index (χ0v) is 9.66. The Kier molecular flexibility index (Phi) is 4.03. The zero-order chi connectivity index (χ0) is 12.2. The highest BCUT2D eigenvalue weighted by atomic mass is 32.2. The number of nitrogens with two attached hydrogens (primary N) is 1. The second kappa shape index (κ2) is 5.09. The Hall–Kier alpha value is -1.40. The molecular formula is C10H13NO4S. The summed E-state index contributed by atoms with van der Waals surface area (Å²) in [4.78, 5) is 10.9. The molecule has 2 N–H and O–H groups in total. The Morgan fingerprint density at radius 3 is 2.31 bits per heavy atom. The number of hydrogen-bond acceptors (Lipinski definition) is 4. The third-order valence-corrected chi connectivity index (χ3v) is 3.03. The monoisotopic (exact) mass is 243 g/mol. The smallest absolute Gasteiger partial charge is 0.305 e. The molecule has 0 aliphatic heterocycles. The molecule has 0 saturated heterocycles. The third-order valence-electron chi connectivity index (χ3n) is 2.10. The summed E-state index contributed by atoms with van der Waals surface area (Å²) in [7, 11) is -2.32. The van der Waals surface area contributed by atoms with Crippen LogP contribution in [0.5, 0.6) is 0 Å². The van der Waals surface area contributed by atoms with Crippen molar-refractivity contribution in [2.75, 3.05) is 7.11 Å². The van der Waals surface area contributed by atoms with Crippen molar-refractivity contribution >= 4 is 16.0 Å². The van der Waals surface area contributed by atoms with Gasteiger partial charge in [-0.15, -0.1) is 0 Å². The average Bonchev–Trinajstić information content (AvgIpc) is 2.25. The first kappa shape index (κ1) is 12.7. The van der Waals surface area contributed by atoms with E-state index in [4.69, 9.17) is 5.14 Å². The number of aryl methyl sites for hydroxylation is 1. The van der Waals surface area contributed by atoms with Gasteiger partial charge in [0.25, 0.3) is 0 Å². The summed E-state index contributed by atoms with van der Waals surface area (Å²) in [6.45, 7) is 0. The van der Waals surface area contributed by atoms with Crippen LogP contribution in [0.25, 0.3) is 0 Å². The van der Waals surface area contributed by atoms with Gasteiger partial charge in [0.1, 0.15) is 0 Å². The van der Waals surface area contributed by atoms with Gasteiger partial charge in [-0.25, -0.2) is 13.6 Å². The van der Waals surface area contributed by atoms with E-state index in [9.17, 15) is 13.2 Å². The van der Waals surface area contributed by atoms with Crippen LogP contribution in [0.4, 0.5) is 0 Å². The van der Waals surface area contributed by atoms with E-state index in [1.54, 1.807) is 12.1 Å². The van der Waals surface area contributed by atoms with Gasteiger partial charge in [0.05, 0.1) is 12.0 Å². The zero-order valence-electron chi connectivity index (χ0n) is 8.84. The van der Waals surface area contributed by atoms with Crippen molar-refractivity contribution in [3.05, 3.63) is 29.8 Å². The molecule has 1 rings (SSSR count). The Balaban J connectivity index is 2.69. The van der Waals surface area contributed by atoms with Crippen molar-refractivity contribution in [1.29, 1.82) is 0 Å². The minimum absolute atomic E-state index is 0.0642. The summed E-state index contributed by atoms with van der Waals surface area (Å²) in [5.41, 5.74) is 0.859. The molecule has 0 unspecified atom stereocenters. The fourth-order valence-electron chi connectivity index (χ4n) is 1.19. The number of hydrogen-bond donors (Lipinski definition) is 1. The predicted molar refractivity (Wildman–Crippen MR) is 58.2 cm³/mol. The minimum Gasteiger partial charge on any atom is -0.469 e. The Morgan fingerprint density at radius 2 is 1.88 bits per heavy atom. The van der Waals surface area contributed by atoms with Crippen LogP contribution >= 0.6 is 0 Å². The first-order valence-corrected chi connectivity index (χ1v) is 6.16. The fourth-order valence-corrected chi connectivity index (χ4v) is 1.71.